The van der Waals surface area contributed by atoms with Crippen LogP contribution in [0.5, 0.6) is 0 Å². The number of rotatable bonds is 1. The molecule has 0 aromatic heterocycles. The third-order valence-corrected chi connectivity index (χ3v) is 3.95. The van der Waals surface area contributed by atoms with Crippen LogP contribution in [0, 0.1) is 12.7 Å². The van der Waals surface area contributed by atoms with Crippen molar-refractivity contribution in [3.8, 4) is 0 Å². The van der Waals surface area contributed by atoms with E-state index in [4.69, 9.17) is 0 Å². The first-order chi connectivity index (χ1) is 8.00. The summed E-state index contributed by atoms with van der Waals surface area (Å²) in [7, 11) is 0. The van der Waals surface area contributed by atoms with Gasteiger partial charge >= 0.3 is 0 Å². The maximum absolute atomic E-state index is 13.5. The minimum absolute atomic E-state index is 0.0826. The van der Waals surface area contributed by atoms with E-state index >= 15 is 0 Å². The van der Waals surface area contributed by atoms with Crippen LogP contribution in [0.3, 0.4) is 0 Å². The molecule has 1 heterocycles. The summed E-state index contributed by atoms with van der Waals surface area (Å²) in [4.78, 5) is 14.1. The first-order valence-electron chi connectivity index (χ1n) is 5.77. The van der Waals surface area contributed by atoms with Gasteiger partial charge in [0.2, 0.25) is 0 Å². The molecule has 2 nitrogen and oxygen atoms in total. The molecule has 17 heavy (non-hydrogen) atoms. The Morgan fingerprint density at radius 2 is 2.24 bits per heavy atom. The minimum atomic E-state index is -0.330. The molecular weight excluding hydrogens is 285 g/mol. The van der Waals surface area contributed by atoms with Crippen molar-refractivity contribution in [3.63, 3.8) is 0 Å². The van der Waals surface area contributed by atoms with Gasteiger partial charge in [0.15, 0.2) is 0 Å². The van der Waals surface area contributed by atoms with E-state index in [0.717, 1.165) is 19.4 Å². The largest absolute Gasteiger partial charge is 0.336 e. The molecule has 1 unspecified atom stereocenters. The summed E-state index contributed by atoms with van der Waals surface area (Å²) < 4.78 is 14.2. The van der Waals surface area contributed by atoms with Crippen molar-refractivity contribution in [2.75, 3.05) is 6.54 Å². The van der Waals surface area contributed by atoms with E-state index in [-0.39, 0.29) is 17.8 Å². The average molecular weight is 300 g/mol. The lowest BCUT2D eigenvalue weighted by atomic mass is 10.1. The Kier molecular flexibility index (Phi) is 3.52. The molecule has 1 amide bonds. The van der Waals surface area contributed by atoms with Crippen LogP contribution >= 0.6 is 15.9 Å². The Morgan fingerprint density at radius 1 is 1.53 bits per heavy atom. The number of carbonyl (C=O) groups is 1. The number of amides is 1. The molecule has 1 aromatic rings. The topological polar surface area (TPSA) is 20.3 Å². The molecular formula is C13H15BrFNO. The fraction of sp³-hybridized carbons (Fsp3) is 0.462. The van der Waals surface area contributed by atoms with E-state index in [1.54, 1.807) is 13.0 Å². The summed E-state index contributed by atoms with van der Waals surface area (Å²) in [5, 5.41) is 0. The quantitative estimate of drug-likeness (QED) is 0.777. The van der Waals surface area contributed by atoms with E-state index in [2.05, 4.69) is 15.9 Å². The highest BCUT2D eigenvalue weighted by Gasteiger charge is 2.27. The average Bonchev–Trinajstić information content (AvgIpc) is 2.69. The fourth-order valence-electron chi connectivity index (χ4n) is 2.20. The lowest BCUT2D eigenvalue weighted by Gasteiger charge is -2.22. The maximum atomic E-state index is 13.5. The second kappa shape index (κ2) is 4.77. The smallest absolute Gasteiger partial charge is 0.255 e. The van der Waals surface area contributed by atoms with Crippen LogP contribution in [-0.4, -0.2) is 23.4 Å². The highest BCUT2D eigenvalue weighted by molar-refractivity contribution is 9.10. The highest BCUT2D eigenvalue weighted by atomic mass is 79.9. The fourth-order valence-corrected chi connectivity index (χ4v) is 2.83. The van der Waals surface area contributed by atoms with Gasteiger partial charge in [0, 0.05) is 17.1 Å². The molecule has 1 fully saturated rings. The van der Waals surface area contributed by atoms with Gasteiger partial charge in [-0.1, -0.05) is 0 Å². The van der Waals surface area contributed by atoms with Crippen LogP contribution in [0.15, 0.2) is 16.6 Å². The van der Waals surface area contributed by atoms with Gasteiger partial charge in [0.05, 0.1) is 5.56 Å². The monoisotopic (exact) mass is 299 g/mol. The van der Waals surface area contributed by atoms with Crippen LogP contribution in [0.1, 0.15) is 35.7 Å². The first-order valence-corrected chi connectivity index (χ1v) is 6.56. The predicted molar refractivity (Wildman–Crippen MR) is 68.6 cm³/mol. The molecule has 1 aliphatic rings. The Morgan fingerprint density at radius 3 is 2.82 bits per heavy atom. The summed E-state index contributed by atoms with van der Waals surface area (Å²) in [5.74, 6) is -0.413. The summed E-state index contributed by atoms with van der Waals surface area (Å²) in [6.07, 6.45) is 2.05. The molecule has 1 saturated heterocycles. The molecule has 0 N–H and O–H groups in total. The molecule has 0 bridgehead atoms. The van der Waals surface area contributed by atoms with Crippen molar-refractivity contribution >= 4 is 21.8 Å². The number of hydrogen-bond donors (Lipinski definition) is 0. The molecule has 92 valence electrons. The second-order valence-corrected chi connectivity index (χ2v) is 5.43. The van der Waals surface area contributed by atoms with Gasteiger partial charge < -0.3 is 4.90 Å². The van der Waals surface area contributed by atoms with Crippen molar-refractivity contribution in [1.29, 1.82) is 0 Å². The standard InChI is InChI=1S/C13H15BrFNO/c1-8-6-11(14)10(7-12(8)15)13(17)16-5-3-4-9(16)2/h6-7,9H,3-5H2,1-2H3. The van der Waals surface area contributed by atoms with Gasteiger partial charge in [-0.15, -0.1) is 0 Å². The minimum Gasteiger partial charge on any atom is -0.336 e. The number of benzene rings is 1. The number of carbonyl (C=O) groups excluding carboxylic acids is 1. The number of halogens is 2. The van der Waals surface area contributed by atoms with Gasteiger partial charge in [-0.3, -0.25) is 4.79 Å². The van der Waals surface area contributed by atoms with Gasteiger partial charge in [-0.2, -0.15) is 0 Å². The van der Waals surface area contributed by atoms with Crippen LogP contribution < -0.4 is 0 Å². The highest BCUT2D eigenvalue weighted by Crippen LogP contribution is 2.26. The molecule has 0 saturated carbocycles. The van der Waals surface area contributed by atoms with Crippen LogP contribution in [0.2, 0.25) is 0 Å². The summed E-state index contributed by atoms with van der Waals surface area (Å²) in [6.45, 7) is 4.48. The van der Waals surface area contributed by atoms with Crippen LogP contribution in [0.25, 0.3) is 0 Å². The molecule has 0 spiro atoms. The molecule has 0 radical (unpaired) electrons. The molecule has 2 rings (SSSR count). The number of aryl methyl sites for hydroxylation is 1. The lowest BCUT2D eigenvalue weighted by Crippen LogP contribution is -2.33. The molecule has 1 atom stereocenters. The Balaban J connectivity index is 2.34. The first kappa shape index (κ1) is 12.6. The second-order valence-electron chi connectivity index (χ2n) is 4.57. The van der Waals surface area contributed by atoms with E-state index in [1.807, 2.05) is 11.8 Å². The van der Waals surface area contributed by atoms with Crippen LogP contribution in [0.4, 0.5) is 4.39 Å². The SMILES string of the molecule is Cc1cc(Br)c(C(=O)N2CCCC2C)cc1F. The van der Waals surface area contributed by atoms with Gasteiger partial charge in [-0.05, 0) is 60.3 Å². The van der Waals surface area contributed by atoms with E-state index in [0.29, 0.717) is 15.6 Å². The summed E-state index contributed by atoms with van der Waals surface area (Å²) in [5.41, 5.74) is 0.963. The summed E-state index contributed by atoms with van der Waals surface area (Å²) >= 11 is 3.33. The number of hydrogen-bond acceptors (Lipinski definition) is 1. The zero-order chi connectivity index (χ0) is 12.6. The summed E-state index contributed by atoms with van der Waals surface area (Å²) in [6, 6.07) is 3.23. The number of likely N-dealkylation sites (tertiary alicyclic amines) is 1. The predicted octanol–water partition coefficient (Wildman–Crippen LogP) is 3.52. The zero-order valence-corrected chi connectivity index (χ0v) is 11.6. The number of nitrogens with zero attached hydrogens (tertiary/aromatic N) is 1. The Bertz CT molecular complexity index is 461. The Hall–Kier alpha value is -0.900. The van der Waals surface area contributed by atoms with Crippen molar-refractivity contribution in [2.24, 2.45) is 0 Å². The van der Waals surface area contributed by atoms with E-state index < -0.39 is 0 Å². The third kappa shape index (κ3) is 2.37. The molecule has 0 aliphatic carbocycles. The van der Waals surface area contributed by atoms with Crippen molar-refractivity contribution in [3.05, 3.63) is 33.5 Å². The van der Waals surface area contributed by atoms with E-state index in [1.165, 1.54) is 6.07 Å². The van der Waals surface area contributed by atoms with Crippen molar-refractivity contribution in [1.82, 2.24) is 4.90 Å². The Labute approximate surface area is 109 Å². The molecule has 1 aliphatic heterocycles. The van der Waals surface area contributed by atoms with Crippen molar-refractivity contribution < 1.29 is 9.18 Å². The molecule has 1 aromatic carbocycles. The lowest BCUT2D eigenvalue weighted by molar-refractivity contribution is 0.0746. The molecule has 4 heteroatoms. The van der Waals surface area contributed by atoms with Gasteiger partial charge in [-0.25, -0.2) is 4.39 Å². The van der Waals surface area contributed by atoms with Crippen LogP contribution in [-0.2, 0) is 0 Å². The zero-order valence-electron chi connectivity index (χ0n) is 9.96. The van der Waals surface area contributed by atoms with E-state index in [9.17, 15) is 9.18 Å². The normalized spacial score (nSPS) is 19.8. The maximum Gasteiger partial charge on any atom is 0.255 e. The van der Waals surface area contributed by atoms with Gasteiger partial charge in [0.1, 0.15) is 5.82 Å². The third-order valence-electron chi connectivity index (χ3n) is 3.29. The van der Waals surface area contributed by atoms with Gasteiger partial charge in [0.25, 0.3) is 5.91 Å². The van der Waals surface area contributed by atoms with Crippen molar-refractivity contribution in [2.45, 2.75) is 32.7 Å².